The van der Waals surface area contributed by atoms with Gasteiger partial charge in [0.1, 0.15) is 11.4 Å². The first-order valence-corrected chi connectivity index (χ1v) is 17.0. The van der Waals surface area contributed by atoms with Crippen LogP contribution in [0.3, 0.4) is 0 Å². The summed E-state index contributed by atoms with van der Waals surface area (Å²) in [6.07, 6.45) is 1.89. The fraction of sp³-hybridized carbons (Fsp3) is 0.306. The van der Waals surface area contributed by atoms with E-state index in [9.17, 15) is 14.7 Å². The number of carbonyl (C=O) groups excluding carboxylic acids is 1. The van der Waals surface area contributed by atoms with Gasteiger partial charge in [-0.2, -0.15) is 5.10 Å². The number of aromatic carboxylic acids is 1. The molecule has 244 valence electrons. The zero-order valence-electron chi connectivity index (χ0n) is 26.9. The van der Waals surface area contributed by atoms with Gasteiger partial charge in [0.05, 0.1) is 28.4 Å². The van der Waals surface area contributed by atoms with E-state index in [1.54, 1.807) is 17.0 Å². The summed E-state index contributed by atoms with van der Waals surface area (Å²) >= 11 is 16.8. The number of amides is 1. The van der Waals surface area contributed by atoms with E-state index in [1.165, 1.54) is 6.07 Å². The molecule has 0 atom stereocenters. The largest absolute Gasteiger partial charge is 0.494 e. The number of carboxylic acid groups (broad SMARTS) is 1. The van der Waals surface area contributed by atoms with Crippen molar-refractivity contribution in [1.29, 1.82) is 0 Å². The first-order chi connectivity index (χ1) is 22.4. The first-order valence-electron chi connectivity index (χ1n) is 15.5. The predicted octanol–water partition coefficient (Wildman–Crippen LogP) is 9.11. The summed E-state index contributed by atoms with van der Waals surface area (Å²) in [5.74, 6) is -0.486. The number of halogens is 3. The number of carbonyl (C=O) groups is 2. The molecule has 11 heteroatoms. The molecule has 1 N–H and O–H groups in total. The third-order valence-electron chi connectivity index (χ3n) is 8.94. The molecule has 0 aliphatic carbocycles. The number of aryl methyl sites for hydroxylation is 6. The Morgan fingerprint density at radius 2 is 1.74 bits per heavy atom. The van der Waals surface area contributed by atoms with Crippen molar-refractivity contribution >= 4 is 67.6 Å². The third-order valence-corrected chi connectivity index (χ3v) is 10.3. The molecule has 8 nitrogen and oxygen atoms in total. The molecular formula is C36H35BrCl2N4O4. The molecule has 5 aromatic rings. The fourth-order valence-electron chi connectivity index (χ4n) is 6.73. The number of hydrogen-bond acceptors (Lipinski definition) is 4. The summed E-state index contributed by atoms with van der Waals surface area (Å²) < 4.78 is 10.7. The Labute approximate surface area is 292 Å². The average Bonchev–Trinajstić information content (AvgIpc) is 3.38. The van der Waals surface area contributed by atoms with Gasteiger partial charge in [-0.3, -0.25) is 9.48 Å². The van der Waals surface area contributed by atoms with Gasteiger partial charge in [0.25, 0.3) is 5.91 Å². The van der Waals surface area contributed by atoms with Crippen molar-refractivity contribution in [1.82, 2.24) is 14.3 Å². The molecular weight excluding hydrogens is 703 g/mol. The molecule has 2 aromatic heterocycles. The molecule has 1 aliphatic heterocycles. The Bertz CT molecular complexity index is 2060. The number of nitrogens with zero attached hydrogens (tertiary/aromatic N) is 4. The van der Waals surface area contributed by atoms with Crippen LogP contribution < -0.4 is 9.64 Å². The summed E-state index contributed by atoms with van der Waals surface area (Å²) in [4.78, 5) is 28.3. The van der Waals surface area contributed by atoms with Crippen LogP contribution in [0.5, 0.6) is 5.75 Å². The minimum Gasteiger partial charge on any atom is -0.494 e. The maximum absolute atomic E-state index is 14.7. The maximum atomic E-state index is 14.7. The summed E-state index contributed by atoms with van der Waals surface area (Å²) in [5, 5.41) is 16.7. The zero-order chi connectivity index (χ0) is 33.7. The Kier molecular flexibility index (Phi) is 9.17. The van der Waals surface area contributed by atoms with Crippen molar-refractivity contribution in [3.05, 3.63) is 96.3 Å². The van der Waals surface area contributed by atoms with Gasteiger partial charge in [-0.1, -0.05) is 45.2 Å². The molecule has 0 fully saturated rings. The zero-order valence-corrected chi connectivity index (χ0v) is 30.0. The second-order valence-corrected chi connectivity index (χ2v) is 13.8. The molecule has 0 radical (unpaired) electrons. The van der Waals surface area contributed by atoms with Gasteiger partial charge in [-0.05, 0) is 100 Å². The standard InChI is InChI=1S/C36H35BrCl2N4O4/c1-19-14-26(15-20(2)32(19)39)47-13-6-8-27-28-9-10-29(38)31(30-21(3)40-41(5)22(30)4)33(28)43-12-7-11-42(35(44)34(27)43)25-17-23(36(45)46)16-24(37)18-25/h9-10,14-18H,6-8,11-13H2,1-5H3,(H,45,46). The van der Waals surface area contributed by atoms with E-state index in [1.807, 2.05) is 63.7 Å². The highest BCUT2D eigenvalue weighted by atomic mass is 79.9. The summed E-state index contributed by atoms with van der Waals surface area (Å²) in [6, 6.07) is 12.7. The van der Waals surface area contributed by atoms with Crippen LogP contribution in [0.2, 0.25) is 10.0 Å². The first kappa shape index (κ1) is 33.1. The minimum absolute atomic E-state index is 0.105. The second-order valence-electron chi connectivity index (χ2n) is 12.1. The Hall–Kier alpha value is -3.79. The Morgan fingerprint density at radius 1 is 1.02 bits per heavy atom. The smallest absolute Gasteiger partial charge is 0.335 e. The van der Waals surface area contributed by atoms with Crippen molar-refractivity contribution in [3.8, 4) is 16.9 Å². The third kappa shape index (κ3) is 6.05. The van der Waals surface area contributed by atoms with Gasteiger partial charge in [-0.25, -0.2) is 4.79 Å². The molecule has 47 heavy (non-hydrogen) atoms. The van der Waals surface area contributed by atoms with Crippen molar-refractivity contribution in [2.75, 3.05) is 18.1 Å². The number of ether oxygens (including phenoxy) is 1. The molecule has 0 saturated carbocycles. The topological polar surface area (TPSA) is 89.6 Å². The van der Waals surface area contributed by atoms with Crippen molar-refractivity contribution < 1.29 is 19.4 Å². The monoisotopic (exact) mass is 736 g/mol. The van der Waals surface area contributed by atoms with E-state index >= 15 is 0 Å². The highest BCUT2D eigenvalue weighted by molar-refractivity contribution is 9.10. The average molecular weight is 739 g/mol. The van der Waals surface area contributed by atoms with E-state index in [0.717, 1.165) is 60.9 Å². The summed E-state index contributed by atoms with van der Waals surface area (Å²) in [6.45, 7) is 9.37. The van der Waals surface area contributed by atoms with Crippen LogP contribution in [-0.4, -0.2) is 44.5 Å². The van der Waals surface area contributed by atoms with Gasteiger partial charge in [0.2, 0.25) is 0 Å². The van der Waals surface area contributed by atoms with Crippen molar-refractivity contribution in [2.24, 2.45) is 7.05 Å². The van der Waals surface area contributed by atoms with Gasteiger partial charge in [0.15, 0.2) is 0 Å². The van der Waals surface area contributed by atoms with Gasteiger partial charge in [0, 0.05) is 57.5 Å². The number of rotatable bonds is 8. The van der Waals surface area contributed by atoms with E-state index < -0.39 is 5.97 Å². The van der Waals surface area contributed by atoms with Crippen LogP contribution in [0.25, 0.3) is 22.0 Å². The van der Waals surface area contributed by atoms with E-state index in [-0.39, 0.29) is 11.5 Å². The lowest BCUT2D eigenvalue weighted by molar-refractivity contribution is 0.0696. The summed E-state index contributed by atoms with van der Waals surface area (Å²) in [7, 11) is 1.92. The number of anilines is 1. The van der Waals surface area contributed by atoms with Gasteiger partial charge >= 0.3 is 5.97 Å². The van der Waals surface area contributed by atoms with Gasteiger partial charge < -0.3 is 19.3 Å². The molecule has 1 amide bonds. The van der Waals surface area contributed by atoms with E-state index in [0.29, 0.717) is 59.8 Å². The van der Waals surface area contributed by atoms with Crippen molar-refractivity contribution in [3.63, 3.8) is 0 Å². The fourth-order valence-corrected chi connectivity index (χ4v) is 7.57. The highest BCUT2D eigenvalue weighted by Crippen LogP contribution is 2.43. The van der Waals surface area contributed by atoms with Crippen LogP contribution in [0.4, 0.5) is 5.69 Å². The van der Waals surface area contributed by atoms with Gasteiger partial charge in [-0.15, -0.1) is 0 Å². The summed E-state index contributed by atoms with van der Waals surface area (Å²) in [5.41, 5.74) is 8.60. The Morgan fingerprint density at radius 3 is 2.40 bits per heavy atom. The van der Waals surface area contributed by atoms with Crippen LogP contribution in [-0.2, 0) is 20.0 Å². The predicted molar refractivity (Wildman–Crippen MR) is 191 cm³/mol. The molecule has 0 bridgehead atoms. The number of fused-ring (bicyclic) bond motifs is 3. The normalized spacial score (nSPS) is 13.3. The van der Waals surface area contributed by atoms with E-state index in [2.05, 4.69) is 25.6 Å². The Balaban J connectivity index is 1.48. The van der Waals surface area contributed by atoms with Crippen LogP contribution in [0.1, 0.15) is 61.8 Å². The lowest BCUT2D eigenvalue weighted by Crippen LogP contribution is -2.32. The highest BCUT2D eigenvalue weighted by Gasteiger charge is 2.32. The minimum atomic E-state index is -1.06. The molecule has 6 rings (SSSR count). The van der Waals surface area contributed by atoms with Crippen molar-refractivity contribution in [2.45, 2.75) is 53.5 Å². The SMILES string of the molecule is Cc1cc(OCCCc2c3n(c4c(-c5c(C)nn(C)c5C)c(Cl)ccc24)CCCN(c2cc(Br)cc(C(=O)O)c2)C3=O)cc(C)c1Cl. The second kappa shape index (κ2) is 13.0. The molecule has 0 spiro atoms. The van der Waals surface area contributed by atoms with Crippen LogP contribution >= 0.6 is 39.1 Å². The molecule has 3 heterocycles. The van der Waals surface area contributed by atoms with Crippen LogP contribution in [0, 0.1) is 27.7 Å². The molecule has 1 aliphatic rings. The molecule has 0 saturated heterocycles. The van der Waals surface area contributed by atoms with E-state index in [4.69, 9.17) is 27.9 Å². The van der Waals surface area contributed by atoms with Crippen LogP contribution in [0.15, 0.2) is 46.9 Å². The lowest BCUT2D eigenvalue weighted by Gasteiger charge is -2.22. The maximum Gasteiger partial charge on any atom is 0.335 e. The lowest BCUT2D eigenvalue weighted by atomic mass is 9.98. The number of carboxylic acids is 1. The number of aromatic nitrogens is 3. The molecule has 3 aromatic carbocycles. The number of benzene rings is 3. The number of hydrogen-bond donors (Lipinski definition) is 1. The molecule has 0 unspecified atom stereocenters. The quantitative estimate of drug-likeness (QED) is 0.161.